The molecule has 2 aliphatic heterocycles. The Morgan fingerprint density at radius 1 is 1.16 bits per heavy atom. The number of amides is 1. The zero-order chi connectivity index (χ0) is 31.2. The van der Waals surface area contributed by atoms with Crippen LogP contribution in [0.15, 0.2) is 85.2 Å². The van der Waals surface area contributed by atoms with Crippen molar-refractivity contribution in [2.45, 2.75) is 58.0 Å². The van der Waals surface area contributed by atoms with E-state index in [2.05, 4.69) is 38.6 Å². The lowest BCUT2D eigenvalue weighted by Gasteiger charge is -2.25. The molecule has 232 valence electrons. The molecule has 10 heteroatoms. The Morgan fingerprint density at radius 2 is 2.04 bits per heavy atom. The highest BCUT2D eigenvalue weighted by molar-refractivity contribution is 5.89. The lowest BCUT2D eigenvalue weighted by atomic mass is 10.0. The molecular weight excluding hydrogens is 569 g/mol. The number of benzene rings is 1. The number of hydrogen-bond donors (Lipinski definition) is 3. The standard InChI is InChI=1S/C35H38FN7O2/c1-3-33(44)43-17-14-24(15-18-43)28-11-12-29-34(41-28)35(39-22-38-29)42-30-19-23(2)31(21-27(30)36)45-26-13-16-37-32(20-26)40-25-9-7-5-4-6-8-10-25/h3,9,11-14,16,19-22,32,37,40H,1,4-8,10,15,17-18H2,2H3,(H,38,39,42)/b25-9+. The van der Waals surface area contributed by atoms with Crippen molar-refractivity contribution in [1.29, 1.82) is 0 Å². The second kappa shape index (κ2) is 13.8. The number of halogens is 1. The van der Waals surface area contributed by atoms with Gasteiger partial charge in [-0.1, -0.05) is 31.6 Å². The van der Waals surface area contributed by atoms with Gasteiger partial charge in [0.25, 0.3) is 0 Å². The Labute approximate surface area is 262 Å². The number of carbonyl (C=O) groups is 1. The highest BCUT2D eigenvalue weighted by Gasteiger charge is 2.19. The molecule has 1 aromatic carbocycles. The van der Waals surface area contributed by atoms with Crippen molar-refractivity contribution in [3.05, 3.63) is 102 Å². The summed E-state index contributed by atoms with van der Waals surface area (Å²) in [5.74, 6) is 0.895. The van der Waals surface area contributed by atoms with Crippen LogP contribution >= 0.6 is 0 Å². The van der Waals surface area contributed by atoms with E-state index in [4.69, 9.17) is 9.72 Å². The molecule has 3 aliphatic rings. The Hall–Kier alpha value is -4.99. The third-order valence-electron chi connectivity index (χ3n) is 8.24. The summed E-state index contributed by atoms with van der Waals surface area (Å²) in [5.41, 5.74) is 5.23. The summed E-state index contributed by atoms with van der Waals surface area (Å²) in [6.45, 7) is 6.53. The number of hydrogen-bond acceptors (Lipinski definition) is 8. The predicted octanol–water partition coefficient (Wildman–Crippen LogP) is 6.55. The molecule has 6 rings (SSSR count). The van der Waals surface area contributed by atoms with Gasteiger partial charge >= 0.3 is 0 Å². The van der Waals surface area contributed by atoms with E-state index in [1.807, 2.05) is 43.5 Å². The maximum atomic E-state index is 15.5. The van der Waals surface area contributed by atoms with Gasteiger partial charge in [0.2, 0.25) is 5.91 Å². The number of fused-ring (bicyclic) bond motifs is 1. The lowest BCUT2D eigenvalue weighted by Crippen LogP contribution is -2.39. The molecule has 9 nitrogen and oxygen atoms in total. The van der Waals surface area contributed by atoms with Gasteiger partial charge in [0.15, 0.2) is 5.82 Å². The van der Waals surface area contributed by atoms with Crippen LogP contribution in [0.4, 0.5) is 15.9 Å². The zero-order valence-electron chi connectivity index (χ0n) is 25.5. The Bertz CT molecular complexity index is 1730. The topological polar surface area (TPSA) is 104 Å². The van der Waals surface area contributed by atoms with Crippen LogP contribution in [0.3, 0.4) is 0 Å². The number of anilines is 2. The lowest BCUT2D eigenvalue weighted by molar-refractivity contribution is -0.125. The molecule has 0 radical (unpaired) electrons. The minimum Gasteiger partial charge on any atom is -0.457 e. The van der Waals surface area contributed by atoms with Crippen molar-refractivity contribution < 1.29 is 13.9 Å². The number of aryl methyl sites for hydroxylation is 1. The van der Waals surface area contributed by atoms with Crippen molar-refractivity contribution in [1.82, 2.24) is 30.5 Å². The number of pyridine rings is 1. The highest BCUT2D eigenvalue weighted by Crippen LogP contribution is 2.31. The molecule has 1 unspecified atom stereocenters. The Balaban J connectivity index is 1.18. The van der Waals surface area contributed by atoms with Crippen LogP contribution in [-0.2, 0) is 4.79 Å². The molecule has 1 atom stereocenters. The maximum absolute atomic E-state index is 15.5. The van der Waals surface area contributed by atoms with E-state index in [1.165, 1.54) is 49.9 Å². The van der Waals surface area contributed by atoms with E-state index < -0.39 is 5.82 Å². The van der Waals surface area contributed by atoms with Crippen LogP contribution < -0.4 is 20.7 Å². The minimum absolute atomic E-state index is 0.0891. The summed E-state index contributed by atoms with van der Waals surface area (Å²) >= 11 is 0. The van der Waals surface area contributed by atoms with Gasteiger partial charge in [-0.05, 0) is 80.5 Å². The first kappa shape index (κ1) is 30.1. The molecule has 0 saturated heterocycles. The van der Waals surface area contributed by atoms with Gasteiger partial charge < -0.3 is 25.6 Å². The average molecular weight is 608 g/mol. The summed E-state index contributed by atoms with van der Waals surface area (Å²) in [6, 6.07) is 6.88. The smallest absolute Gasteiger partial charge is 0.246 e. The van der Waals surface area contributed by atoms with Crippen molar-refractivity contribution in [2.24, 2.45) is 0 Å². The number of nitrogens with one attached hydrogen (secondary N) is 3. The molecule has 3 aromatic rings. The van der Waals surface area contributed by atoms with Gasteiger partial charge in [0, 0.05) is 37.1 Å². The third-order valence-corrected chi connectivity index (χ3v) is 8.24. The largest absolute Gasteiger partial charge is 0.457 e. The highest BCUT2D eigenvalue weighted by atomic mass is 19.1. The summed E-state index contributed by atoms with van der Waals surface area (Å²) < 4.78 is 21.7. The minimum atomic E-state index is -0.478. The molecule has 1 aliphatic carbocycles. The van der Waals surface area contributed by atoms with Crippen LogP contribution in [0.25, 0.3) is 16.6 Å². The number of allylic oxidation sites excluding steroid dienone is 3. The number of carbonyl (C=O) groups excluding carboxylic acids is 1. The normalized spacial score (nSPS) is 19.6. The zero-order valence-corrected chi connectivity index (χ0v) is 25.5. The quantitative estimate of drug-likeness (QED) is 0.248. The van der Waals surface area contributed by atoms with Crippen LogP contribution in [0.5, 0.6) is 5.75 Å². The number of nitrogens with zero attached hydrogens (tertiary/aromatic N) is 4. The van der Waals surface area contributed by atoms with Crippen LogP contribution in [0.2, 0.25) is 0 Å². The number of dihydropyridines is 1. The summed E-state index contributed by atoms with van der Waals surface area (Å²) in [4.78, 5) is 27.3. The molecule has 0 saturated carbocycles. The number of ether oxygens (including phenoxy) is 1. The second-order valence-electron chi connectivity index (χ2n) is 11.5. The monoisotopic (exact) mass is 607 g/mol. The first-order valence-electron chi connectivity index (χ1n) is 15.5. The fraction of sp³-hybridized carbons (Fsp3) is 0.314. The van der Waals surface area contributed by atoms with Gasteiger partial charge in [-0.3, -0.25) is 4.79 Å². The fourth-order valence-corrected chi connectivity index (χ4v) is 5.74. The fourth-order valence-electron chi connectivity index (χ4n) is 5.74. The first-order chi connectivity index (χ1) is 22.0. The van der Waals surface area contributed by atoms with E-state index in [0.717, 1.165) is 29.7 Å². The first-order valence-corrected chi connectivity index (χ1v) is 15.5. The summed E-state index contributed by atoms with van der Waals surface area (Å²) in [5, 5.41) is 10.0. The van der Waals surface area contributed by atoms with Crippen LogP contribution in [0, 0.1) is 12.7 Å². The molecule has 1 amide bonds. The number of rotatable bonds is 8. The molecule has 45 heavy (non-hydrogen) atoms. The molecule has 4 heterocycles. The van der Waals surface area contributed by atoms with E-state index in [1.54, 1.807) is 11.0 Å². The molecular formula is C35H38FN7O2. The van der Waals surface area contributed by atoms with E-state index in [9.17, 15) is 4.79 Å². The van der Waals surface area contributed by atoms with Gasteiger partial charge in [-0.15, -0.1) is 0 Å². The van der Waals surface area contributed by atoms with Crippen LogP contribution in [0.1, 0.15) is 56.2 Å². The maximum Gasteiger partial charge on any atom is 0.246 e. The SMILES string of the molecule is C=CC(=O)N1CC=C(c2ccc3ncnc(Nc4cc(C)c(OC5=CC(N/C6=C/CCCCCC6)NC=C5)cc4F)c3n2)CC1. The summed E-state index contributed by atoms with van der Waals surface area (Å²) in [6.07, 6.45) is 20.4. The van der Waals surface area contributed by atoms with Crippen molar-refractivity contribution >= 4 is 34.0 Å². The third kappa shape index (κ3) is 7.22. The van der Waals surface area contributed by atoms with E-state index >= 15 is 4.39 Å². The molecule has 2 aromatic heterocycles. The van der Waals surface area contributed by atoms with Gasteiger partial charge in [-0.2, -0.15) is 0 Å². The van der Waals surface area contributed by atoms with Gasteiger partial charge in [0.05, 0.1) is 16.9 Å². The predicted molar refractivity (Wildman–Crippen MR) is 175 cm³/mol. The summed E-state index contributed by atoms with van der Waals surface area (Å²) in [7, 11) is 0. The van der Waals surface area contributed by atoms with Crippen molar-refractivity contribution in [2.75, 3.05) is 18.4 Å². The van der Waals surface area contributed by atoms with E-state index in [-0.39, 0.29) is 17.8 Å². The Kier molecular flexibility index (Phi) is 9.19. The van der Waals surface area contributed by atoms with Crippen molar-refractivity contribution in [3.8, 4) is 5.75 Å². The molecule has 0 bridgehead atoms. The molecule has 0 fully saturated rings. The number of aromatic nitrogens is 3. The molecule has 0 spiro atoms. The Morgan fingerprint density at radius 3 is 2.89 bits per heavy atom. The second-order valence-corrected chi connectivity index (χ2v) is 11.5. The van der Waals surface area contributed by atoms with Crippen molar-refractivity contribution in [3.63, 3.8) is 0 Å². The van der Waals surface area contributed by atoms with Gasteiger partial charge in [0.1, 0.15) is 35.3 Å². The average Bonchev–Trinajstić information content (AvgIpc) is 3.04. The van der Waals surface area contributed by atoms with Crippen LogP contribution in [-0.4, -0.2) is 45.0 Å². The molecule has 3 N–H and O–H groups in total. The van der Waals surface area contributed by atoms with Gasteiger partial charge in [-0.25, -0.2) is 19.3 Å². The van der Waals surface area contributed by atoms with E-state index in [0.29, 0.717) is 47.9 Å².